The fourth-order valence-electron chi connectivity index (χ4n) is 2.99. The highest BCUT2D eigenvalue weighted by molar-refractivity contribution is 6.36. The van der Waals surface area contributed by atoms with Crippen LogP contribution in [0.5, 0.6) is 5.75 Å². The topological polar surface area (TPSA) is 49.9 Å². The van der Waals surface area contributed by atoms with Gasteiger partial charge >= 0.3 is 0 Å². The molecule has 0 bridgehead atoms. The zero-order valence-electron chi connectivity index (χ0n) is 15.0. The van der Waals surface area contributed by atoms with E-state index in [9.17, 15) is 9.59 Å². The van der Waals surface area contributed by atoms with Gasteiger partial charge in [-0.1, -0.05) is 23.2 Å². The van der Waals surface area contributed by atoms with Gasteiger partial charge in [0.1, 0.15) is 5.75 Å². The molecule has 1 heterocycles. The molecule has 1 saturated heterocycles. The van der Waals surface area contributed by atoms with Gasteiger partial charge < -0.3 is 14.5 Å². The van der Waals surface area contributed by atoms with Crippen LogP contribution in [0.4, 0.5) is 0 Å². The number of ether oxygens (including phenoxy) is 1. The third-order valence-corrected chi connectivity index (χ3v) is 4.98. The van der Waals surface area contributed by atoms with Crippen molar-refractivity contribution in [2.24, 2.45) is 0 Å². The molecule has 2 amide bonds. The lowest BCUT2D eigenvalue weighted by molar-refractivity contribution is 0.0535. The smallest absolute Gasteiger partial charge is 0.255 e. The van der Waals surface area contributed by atoms with Crippen LogP contribution in [0.3, 0.4) is 0 Å². The van der Waals surface area contributed by atoms with Gasteiger partial charge in [-0.2, -0.15) is 0 Å². The summed E-state index contributed by atoms with van der Waals surface area (Å²) in [5.41, 5.74) is 1.03. The number of rotatable bonds is 4. The maximum atomic E-state index is 12.7. The van der Waals surface area contributed by atoms with Crippen LogP contribution in [0, 0.1) is 0 Å². The fourth-order valence-corrected chi connectivity index (χ4v) is 3.48. The molecule has 0 radical (unpaired) electrons. The molecule has 2 aromatic carbocycles. The van der Waals surface area contributed by atoms with E-state index in [2.05, 4.69) is 0 Å². The number of hydrogen-bond acceptors (Lipinski definition) is 3. The molecule has 1 aliphatic heterocycles. The highest BCUT2D eigenvalue weighted by Crippen LogP contribution is 2.23. The van der Waals surface area contributed by atoms with Crippen LogP contribution in [0.15, 0.2) is 42.5 Å². The normalized spacial score (nSPS) is 14.2. The molecule has 0 saturated carbocycles. The standard InChI is InChI=1S/C20H20Cl2N2O3/c1-2-27-16-6-3-14(4-7-16)19(25)23-9-11-24(12-10-23)20(26)17-8-5-15(21)13-18(17)22/h3-8,13H,2,9-12H2,1H3. The quantitative estimate of drug-likeness (QED) is 0.770. The van der Waals surface area contributed by atoms with Gasteiger partial charge in [0, 0.05) is 36.8 Å². The van der Waals surface area contributed by atoms with Gasteiger partial charge in [0.25, 0.3) is 11.8 Å². The first-order valence-corrected chi connectivity index (χ1v) is 9.51. The second kappa shape index (κ2) is 8.63. The molecule has 5 nitrogen and oxygen atoms in total. The molecule has 3 rings (SSSR count). The van der Waals surface area contributed by atoms with E-state index in [1.807, 2.05) is 6.92 Å². The van der Waals surface area contributed by atoms with Crippen LogP contribution in [-0.2, 0) is 0 Å². The zero-order valence-corrected chi connectivity index (χ0v) is 16.5. The first kappa shape index (κ1) is 19.5. The lowest BCUT2D eigenvalue weighted by atomic mass is 10.1. The SMILES string of the molecule is CCOc1ccc(C(=O)N2CCN(C(=O)c3ccc(Cl)cc3Cl)CC2)cc1. The molecule has 7 heteroatoms. The van der Waals surface area contributed by atoms with E-state index in [-0.39, 0.29) is 11.8 Å². The van der Waals surface area contributed by atoms with Gasteiger partial charge in [-0.25, -0.2) is 0 Å². The van der Waals surface area contributed by atoms with Gasteiger partial charge in [0.15, 0.2) is 0 Å². The lowest BCUT2D eigenvalue weighted by Gasteiger charge is -2.35. The summed E-state index contributed by atoms with van der Waals surface area (Å²) < 4.78 is 5.40. The molecule has 27 heavy (non-hydrogen) atoms. The molecular formula is C20H20Cl2N2O3. The number of nitrogens with zero attached hydrogens (tertiary/aromatic N) is 2. The first-order chi connectivity index (χ1) is 13.0. The van der Waals surface area contributed by atoms with Crippen molar-refractivity contribution in [3.63, 3.8) is 0 Å². The number of carbonyl (C=O) groups is 2. The third-order valence-electron chi connectivity index (χ3n) is 4.43. The predicted molar refractivity (Wildman–Crippen MR) is 106 cm³/mol. The first-order valence-electron chi connectivity index (χ1n) is 8.76. The van der Waals surface area contributed by atoms with Crippen molar-refractivity contribution in [3.8, 4) is 5.75 Å². The maximum Gasteiger partial charge on any atom is 0.255 e. The molecule has 1 fully saturated rings. The summed E-state index contributed by atoms with van der Waals surface area (Å²) >= 11 is 12.0. The largest absolute Gasteiger partial charge is 0.494 e. The zero-order chi connectivity index (χ0) is 19.4. The Morgan fingerprint density at radius 1 is 0.926 bits per heavy atom. The van der Waals surface area contributed by atoms with E-state index >= 15 is 0 Å². The van der Waals surface area contributed by atoms with E-state index in [0.717, 1.165) is 5.75 Å². The van der Waals surface area contributed by atoms with E-state index in [1.165, 1.54) is 0 Å². The Morgan fingerprint density at radius 2 is 1.52 bits per heavy atom. The van der Waals surface area contributed by atoms with E-state index in [4.69, 9.17) is 27.9 Å². The maximum absolute atomic E-state index is 12.7. The van der Waals surface area contributed by atoms with Crippen molar-refractivity contribution in [2.45, 2.75) is 6.92 Å². The van der Waals surface area contributed by atoms with Gasteiger partial charge in [-0.3, -0.25) is 9.59 Å². The summed E-state index contributed by atoms with van der Waals surface area (Å²) in [6.07, 6.45) is 0. The van der Waals surface area contributed by atoms with Crippen LogP contribution < -0.4 is 4.74 Å². The second-order valence-electron chi connectivity index (χ2n) is 6.17. The van der Waals surface area contributed by atoms with Gasteiger partial charge in [0.2, 0.25) is 0 Å². The summed E-state index contributed by atoms with van der Waals surface area (Å²) in [6, 6.07) is 11.9. The molecule has 2 aromatic rings. The van der Waals surface area contributed by atoms with Crippen LogP contribution >= 0.6 is 23.2 Å². The monoisotopic (exact) mass is 406 g/mol. The van der Waals surface area contributed by atoms with E-state index in [1.54, 1.807) is 52.3 Å². The number of piperazine rings is 1. The average Bonchev–Trinajstić information content (AvgIpc) is 2.68. The average molecular weight is 407 g/mol. The lowest BCUT2D eigenvalue weighted by Crippen LogP contribution is -2.50. The Morgan fingerprint density at radius 3 is 2.07 bits per heavy atom. The van der Waals surface area contributed by atoms with Crippen molar-refractivity contribution in [1.82, 2.24) is 9.80 Å². The van der Waals surface area contributed by atoms with Crippen molar-refractivity contribution in [3.05, 3.63) is 63.6 Å². The van der Waals surface area contributed by atoms with Gasteiger partial charge in [-0.05, 0) is 49.4 Å². The molecular weight excluding hydrogens is 387 g/mol. The molecule has 142 valence electrons. The number of benzene rings is 2. The van der Waals surface area contributed by atoms with Crippen molar-refractivity contribution >= 4 is 35.0 Å². The van der Waals surface area contributed by atoms with Crippen LogP contribution in [0.2, 0.25) is 10.0 Å². The minimum atomic E-state index is -0.148. The van der Waals surface area contributed by atoms with Crippen molar-refractivity contribution in [1.29, 1.82) is 0 Å². The molecule has 0 aromatic heterocycles. The summed E-state index contributed by atoms with van der Waals surface area (Å²) in [7, 11) is 0. The summed E-state index contributed by atoms with van der Waals surface area (Å²) in [4.78, 5) is 28.8. The predicted octanol–water partition coefficient (Wildman–Crippen LogP) is 3.99. The van der Waals surface area contributed by atoms with Crippen molar-refractivity contribution < 1.29 is 14.3 Å². The molecule has 0 unspecified atom stereocenters. The fraction of sp³-hybridized carbons (Fsp3) is 0.300. The molecule has 0 spiro atoms. The Balaban J connectivity index is 1.61. The van der Waals surface area contributed by atoms with Crippen LogP contribution in [0.25, 0.3) is 0 Å². The van der Waals surface area contributed by atoms with Gasteiger partial charge in [-0.15, -0.1) is 0 Å². The molecule has 1 aliphatic rings. The molecule has 0 aliphatic carbocycles. The third kappa shape index (κ3) is 4.54. The summed E-state index contributed by atoms with van der Waals surface area (Å²) in [6.45, 7) is 4.37. The highest BCUT2D eigenvalue weighted by Gasteiger charge is 2.26. The summed E-state index contributed by atoms with van der Waals surface area (Å²) in [5, 5.41) is 0.822. The van der Waals surface area contributed by atoms with Crippen molar-refractivity contribution in [2.75, 3.05) is 32.8 Å². The number of halogens is 2. The van der Waals surface area contributed by atoms with E-state index in [0.29, 0.717) is 54.0 Å². The van der Waals surface area contributed by atoms with Gasteiger partial charge in [0.05, 0.1) is 17.2 Å². The Labute approximate surface area is 168 Å². The van der Waals surface area contributed by atoms with Crippen LogP contribution in [-0.4, -0.2) is 54.4 Å². The highest BCUT2D eigenvalue weighted by atomic mass is 35.5. The Kier molecular flexibility index (Phi) is 6.24. The number of carbonyl (C=O) groups excluding carboxylic acids is 2. The number of hydrogen-bond donors (Lipinski definition) is 0. The Hall–Kier alpha value is -2.24. The molecule has 0 N–H and O–H groups in total. The minimum absolute atomic E-state index is 0.0466. The Bertz CT molecular complexity index is 832. The minimum Gasteiger partial charge on any atom is -0.494 e. The van der Waals surface area contributed by atoms with Crippen LogP contribution in [0.1, 0.15) is 27.6 Å². The number of amides is 2. The molecule has 0 atom stereocenters. The van der Waals surface area contributed by atoms with E-state index < -0.39 is 0 Å². The summed E-state index contributed by atoms with van der Waals surface area (Å²) in [5.74, 6) is 0.545. The second-order valence-corrected chi connectivity index (χ2v) is 7.01.